The van der Waals surface area contributed by atoms with Crippen molar-refractivity contribution in [1.29, 1.82) is 0 Å². The molecule has 1 fully saturated rings. The number of halogens is 4. The highest BCUT2D eigenvalue weighted by molar-refractivity contribution is 5.62. The number of hydrogen-bond acceptors (Lipinski definition) is 5. The molecule has 0 aromatic carbocycles. The van der Waals surface area contributed by atoms with E-state index >= 15 is 0 Å². The number of imidazole rings is 1. The third-order valence-corrected chi connectivity index (χ3v) is 4.78. The first-order chi connectivity index (χ1) is 12.8. The van der Waals surface area contributed by atoms with Crippen molar-refractivity contribution < 1.29 is 17.6 Å². The van der Waals surface area contributed by atoms with E-state index < -0.39 is 18.3 Å². The summed E-state index contributed by atoms with van der Waals surface area (Å²) in [7, 11) is 0. The number of fused-ring (bicyclic) bond motifs is 1. The Balaban J connectivity index is 1.69. The summed E-state index contributed by atoms with van der Waals surface area (Å²) in [5.74, 6) is -2.98. The van der Waals surface area contributed by atoms with Crippen LogP contribution in [0, 0.1) is 5.92 Å². The minimum atomic E-state index is -2.71. The zero-order valence-electron chi connectivity index (χ0n) is 14.4. The summed E-state index contributed by atoms with van der Waals surface area (Å²) in [5, 5.41) is 3.92. The van der Waals surface area contributed by atoms with Gasteiger partial charge < -0.3 is 4.90 Å². The molecule has 1 saturated heterocycles. The molecule has 4 heterocycles. The molecule has 4 rings (SSSR count). The second-order valence-corrected chi connectivity index (χ2v) is 6.59. The first-order valence-corrected chi connectivity index (χ1v) is 8.43. The number of hydrogen-bond donors (Lipinski definition) is 0. The number of aromatic nitrogens is 5. The number of rotatable bonds is 3. The molecule has 142 valence electrons. The van der Waals surface area contributed by atoms with Crippen LogP contribution in [0.5, 0.6) is 0 Å². The number of piperidine rings is 1. The molecule has 0 saturated carbocycles. The molecule has 0 spiro atoms. The highest BCUT2D eigenvalue weighted by Crippen LogP contribution is 2.35. The molecule has 1 unspecified atom stereocenters. The van der Waals surface area contributed by atoms with Crippen molar-refractivity contribution in [2.75, 3.05) is 18.0 Å². The molecule has 27 heavy (non-hydrogen) atoms. The fraction of sp³-hybridized carbons (Fsp3) is 0.412. The van der Waals surface area contributed by atoms with Crippen LogP contribution in [-0.4, -0.2) is 43.6 Å². The molecule has 0 amide bonds. The largest absolute Gasteiger partial charge is 0.356 e. The fourth-order valence-electron chi connectivity index (χ4n) is 3.13. The highest BCUT2D eigenvalue weighted by Gasteiger charge is 2.41. The quantitative estimate of drug-likeness (QED) is 0.650. The van der Waals surface area contributed by atoms with Crippen LogP contribution in [-0.2, 0) is 0 Å². The third kappa shape index (κ3) is 3.19. The van der Waals surface area contributed by atoms with Crippen LogP contribution in [0.15, 0.2) is 30.7 Å². The van der Waals surface area contributed by atoms with Gasteiger partial charge in [0.05, 0.1) is 11.9 Å². The Labute approximate surface area is 151 Å². The maximum atomic E-state index is 13.7. The van der Waals surface area contributed by atoms with Crippen molar-refractivity contribution in [3.63, 3.8) is 0 Å². The first kappa shape index (κ1) is 17.6. The van der Waals surface area contributed by atoms with E-state index in [4.69, 9.17) is 0 Å². The van der Waals surface area contributed by atoms with Crippen molar-refractivity contribution in [2.24, 2.45) is 5.92 Å². The van der Waals surface area contributed by atoms with Crippen LogP contribution in [0.1, 0.15) is 25.5 Å². The van der Waals surface area contributed by atoms with Gasteiger partial charge in [-0.25, -0.2) is 37.0 Å². The van der Waals surface area contributed by atoms with Crippen LogP contribution in [0.2, 0.25) is 0 Å². The summed E-state index contributed by atoms with van der Waals surface area (Å²) in [6, 6.07) is 4.31. The maximum absolute atomic E-state index is 13.7. The monoisotopic (exact) mass is 380 g/mol. The summed E-state index contributed by atoms with van der Waals surface area (Å²) in [5.41, 5.74) is 0.881. The molecule has 10 heteroatoms. The Kier molecular flexibility index (Phi) is 4.20. The van der Waals surface area contributed by atoms with Gasteiger partial charge in [-0.2, -0.15) is 5.10 Å². The fourth-order valence-corrected chi connectivity index (χ4v) is 3.13. The molecule has 3 aromatic heterocycles. The average molecular weight is 380 g/mol. The Morgan fingerprint density at radius 3 is 2.74 bits per heavy atom. The Bertz CT molecular complexity index is 973. The van der Waals surface area contributed by atoms with E-state index in [-0.39, 0.29) is 25.2 Å². The van der Waals surface area contributed by atoms with Gasteiger partial charge in [0.15, 0.2) is 5.65 Å². The molecule has 1 atom stereocenters. The van der Waals surface area contributed by atoms with E-state index in [0.29, 0.717) is 22.9 Å². The lowest BCUT2D eigenvalue weighted by Crippen LogP contribution is -2.46. The highest BCUT2D eigenvalue weighted by atomic mass is 19.3. The summed E-state index contributed by atoms with van der Waals surface area (Å²) in [4.78, 5) is 14.3. The van der Waals surface area contributed by atoms with E-state index in [1.165, 1.54) is 36.1 Å². The maximum Gasteiger partial charge on any atom is 0.282 e. The van der Waals surface area contributed by atoms with E-state index in [1.807, 2.05) is 0 Å². The third-order valence-electron chi connectivity index (χ3n) is 4.78. The summed E-state index contributed by atoms with van der Waals surface area (Å²) >= 11 is 0. The molecular formula is C17H16F4N6. The number of alkyl halides is 4. The van der Waals surface area contributed by atoms with Crippen LogP contribution < -0.4 is 4.90 Å². The average Bonchev–Trinajstić information content (AvgIpc) is 3.07. The van der Waals surface area contributed by atoms with E-state index in [9.17, 15) is 17.6 Å². The van der Waals surface area contributed by atoms with Crippen molar-refractivity contribution >= 4 is 11.5 Å². The minimum absolute atomic E-state index is 0.171. The van der Waals surface area contributed by atoms with Gasteiger partial charge in [0.1, 0.15) is 23.5 Å². The summed E-state index contributed by atoms with van der Waals surface area (Å²) in [6.45, 7) is 1.85. The normalized spacial score (nSPS) is 19.8. The van der Waals surface area contributed by atoms with Crippen LogP contribution in [0.25, 0.3) is 17.0 Å². The standard InChI is InChI=1S/C17H16F4N6/c1-10-8-26(5-4-17(10,20)21)15-6-12(23-9-24-15)13-7-22-14-3-2-11(16(18)19)25-27(13)14/h2-3,6-7,9-10,16H,4-5,8H2,1H3. The first-order valence-electron chi connectivity index (χ1n) is 8.43. The van der Waals surface area contributed by atoms with Crippen LogP contribution in [0.4, 0.5) is 23.4 Å². The minimum Gasteiger partial charge on any atom is -0.356 e. The van der Waals surface area contributed by atoms with E-state index in [0.717, 1.165) is 0 Å². The lowest BCUT2D eigenvalue weighted by Gasteiger charge is -2.37. The topological polar surface area (TPSA) is 59.2 Å². The lowest BCUT2D eigenvalue weighted by molar-refractivity contribution is -0.0652. The molecule has 3 aromatic rings. The molecule has 6 nitrogen and oxygen atoms in total. The van der Waals surface area contributed by atoms with Crippen LogP contribution in [0.3, 0.4) is 0 Å². The summed E-state index contributed by atoms with van der Waals surface area (Å²) < 4.78 is 54.6. The summed E-state index contributed by atoms with van der Waals surface area (Å²) in [6.07, 6.45) is -0.153. The smallest absolute Gasteiger partial charge is 0.282 e. The van der Waals surface area contributed by atoms with Gasteiger partial charge in [-0.15, -0.1) is 0 Å². The van der Waals surface area contributed by atoms with Gasteiger partial charge in [-0.3, -0.25) is 0 Å². The SMILES string of the molecule is CC1CN(c2cc(-c3cnc4ccc(C(F)F)nn34)ncn2)CCC1(F)F. The van der Waals surface area contributed by atoms with Crippen molar-refractivity contribution in [3.05, 3.63) is 36.4 Å². The zero-order chi connectivity index (χ0) is 19.2. The van der Waals surface area contributed by atoms with Gasteiger partial charge in [-0.05, 0) is 12.1 Å². The Morgan fingerprint density at radius 1 is 1.19 bits per heavy atom. The second kappa shape index (κ2) is 6.43. The predicted octanol–water partition coefficient (Wildman–Crippen LogP) is 3.61. The van der Waals surface area contributed by atoms with Gasteiger partial charge in [-0.1, -0.05) is 6.92 Å². The van der Waals surface area contributed by atoms with Gasteiger partial charge in [0.25, 0.3) is 12.3 Å². The Hall–Kier alpha value is -2.78. The van der Waals surface area contributed by atoms with E-state index in [1.54, 1.807) is 11.0 Å². The van der Waals surface area contributed by atoms with Crippen LogP contribution >= 0.6 is 0 Å². The molecule has 1 aliphatic rings. The van der Waals surface area contributed by atoms with E-state index in [2.05, 4.69) is 20.1 Å². The van der Waals surface area contributed by atoms with Crippen molar-refractivity contribution in [2.45, 2.75) is 25.7 Å². The predicted molar refractivity (Wildman–Crippen MR) is 89.9 cm³/mol. The lowest BCUT2D eigenvalue weighted by atomic mass is 9.95. The number of nitrogens with zero attached hydrogens (tertiary/aromatic N) is 6. The second-order valence-electron chi connectivity index (χ2n) is 6.59. The molecule has 0 N–H and O–H groups in total. The molecule has 0 aliphatic carbocycles. The van der Waals surface area contributed by atoms with Gasteiger partial charge >= 0.3 is 0 Å². The van der Waals surface area contributed by atoms with Gasteiger partial charge in [0.2, 0.25) is 0 Å². The molecular weight excluding hydrogens is 364 g/mol. The molecule has 1 aliphatic heterocycles. The Morgan fingerprint density at radius 2 is 2.00 bits per heavy atom. The zero-order valence-corrected chi connectivity index (χ0v) is 14.4. The molecule has 0 bridgehead atoms. The van der Waals surface area contributed by atoms with Gasteiger partial charge in [0, 0.05) is 31.5 Å². The number of anilines is 1. The van der Waals surface area contributed by atoms with Crippen molar-refractivity contribution in [3.8, 4) is 11.4 Å². The van der Waals surface area contributed by atoms with Crippen molar-refractivity contribution in [1.82, 2.24) is 24.6 Å². The molecule has 0 radical (unpaired) electrons.